The van der Waals surface area contributed by atoms with Crippen LogP contribution in [0.25, 0.3) is 6.20 Å². The lowest BCUT2D eigenvalue weighted by Gasteiger charge is -1.78. The second-order valence-corrected chi connectivity index (χ2v) is 0.999. The van der Waals surface area contributed by atoms with Gasteiger partial charge in [0, 0.05) is 6.20 Å². The molecular weight excluding hydrogens is 90.1 g/mol. The maximum Gasteiger partial charge on any atom is 0.0697 e. The Labute approximate surface area is 41.3 Å². The van der Waals surface area contributed by atoms with Gasteiger partial charge in [-0.1, -0.05) is 0 Å². The van der Waals surface area contributed by atoms with Crippen molar-refractivity contribution >= 4 is 6.20 Å². The van der Waals surface area contributed by atoms with Crippen LogP contribution in [0, 0.1) is 6.58 Å². The molecule has 0 saturated carbocycles. The number of rotatable bonds is 1. The average molecular weight is 94.1 g/mol. The Kier molecular flexibility index (Phi) is 0.898. The SMILES string of the molecule is [CH]=Cn1nccn1. The van der Waals surface area contributed by atoms with Gasteiger partial charge in [-0.15, -0.1) is 0 Å². The van der Waals surface area contributed by atoms with Crippen molar-refractivity contribution in [3.05, 3.63) is 19.0 Å². The Morgan fingerprint density at radius 3 is 2.29 bits per heavy atom. The molecule has 1 heterocycles. The second-order valence-electron chi connectivity index (χ2n) is 0.999. The molecule has 1 aromatic heterocycles. The average Bonchev–Trinajstić information content (AvgIpc) is 2.14. The van der Waals surface area contributed by atoms with E-state index in [9.17, 15) is 0 Å². The molecule has 0 saturated heterocycles. The normalized spacial score (nSPS) is 8.57. The molecule has 0 fully saturated rings. The maximum atomic E-state index is 5.01. The molecule has 1 radical (unpaired) electrons. The third-order valence-electron chi connectivity index (χ3n) is 0.570. The van der Waals surface area contributed by atoms with Crippen molar-refractivity contribution in [1.29, 1.82) is 0 Å². The van der Waals surface area contributed by atoms with Gasteiger partial charge < -0.3 is 0 Å². The Balaban J connectivity index is 2.96. The summed E-state index contributed by atoms with van der Waals surface area (Å²) in [6.45, 7) is 5.01. The van der Waals surface area contributed by atoms with E-state index < -0.39 is 0 Å². The second kappa shape index (κ2) is 1.55. The summed E-state index contributed by atoms with van der Waals surface area (Å²) in [7, 11) is 0. The van der Waals surface area contributed by atoms with Crippen molar-refractivity contribution in [2.24, 2.45) is 0 Å². The zero-order valence-corrected chi connectivity index (χ0v) is 3.65. The van der Waals surface area contributed by atoms with Gasteiger partial charge in [0.25, 0.3) is 0 Å². The fraction of sp³-hybridized carbons (Fsp3) is 0. The predicted molar refractivity (Wildman–Crippen MR) is 25.1 cm³/mol. The molecule has 0 aliphatic carbocycles. The van der Waals surface area contributed by atoms with Crippen LogP contribution >= 0.6 is 0 Å². The van der Waals surface area contributed by atoms with Gasteiger partial charge >= 0.3 is 0 Å². The summed E-state index contributed by atoms with van der Waals surface area (Å²) in [5, 5.41) is 7.32. The Morgan fingerprint density at radius 1 is 1.43 bits per heavy atom. The first-order valence-electron chi connectivity index (χ1n) is 1.84. The minimum Gasteiger partial charge on any atom is -0.159 e. The summed E-state index contributed by atoms with van der Waals surface area (Å²) < 4.78 is 0. The number of hydrogen-bond donors (Lipinski definition) is 0. The molecule has 0 spiro atoms. The van der Waals surface area contributed by atoms with Gasteiger partial charge in [0.1, 0.15) is 0 Å². The molecule has 0 aliphatic rings. The van der Waals surface area contributed by atoms with Crippen molar-refractivity contribution < 1.29 is 0 Å². The summed E-state index contributed by atoms with van der Waals surface area (Å²) in [5.74, 6) is 0. The van der Waals surface area contributed by atoms with E-state index in [4.69, 9.17) is 6.58 Å². The first-order chi connectivity index (χ1) is 3.43. The predicted octanol–water partition coefficient (Wildman–Crippen LogP) is 0.182. The quantitative estimate of drug-likeness (QED) is 0.497. The standard InChI is InChI=1S/C4H4N3/c1-2-7-5-3-4-6-7/h1-4H. The van der Waals surface area contributed by atoms with Gasteiger partial charge in [0.2, 0.25) is 0 Å². The van der Waals surface area contributed by atoms with Crippen LogP contribution in [0.2, 0.25) is 0 Å². The minimum absolute atomic E-state index is 1.28. The Morgan fingerprint density at radius 2 is 2.00 bits per heavy atom. The molecule has 35 valence electrons. The van der Waals surface area contributed by atoms with E-state index in [0.717, 1.165) is 0 Å². The Bertz CT molecular complexity index is 142. The van der Waals surface area contributed by atoms with E-state index in [1.807, 2.05) is 0 Å². The molecule has 1 aromatic rings. The third-order valence-corrected chi connectivity index (χ3v) is 0.570. The summed E-state index contributed by atoms with van der Waals surface area (Å²) in [5.41, 5.74) is 0. The van der Waals surface area contributed by atoms with Gasteiger partial charge in [0.15, 0.2) is 0 Å². The van der Waals surface area contributed by atoms with Crippen LogP contribution in [0.5, 0.6) is 0 Å². The zero-order chi connectivity index (χ0) is 5.11. The van der Waals surface area contributed by atoms with Crippen molar-refractivity contribution in [2.75, 3.05) is 0 Å². The molecule has 0 unspecified atom stereocenters. The lowest BCUT2D eigenvalue weighted by atomic mass is 11.0. The number of hydrogen-bond acceptors (Lipinski definition) is 2. The van der Waals surface area contributed by atoms with E-state index in [0.29, 0.717) is 0 Å². The number of nitrogens with zero attached hydrogens (tertiary/aromatic N) is 3. The molecule has 0 aromatic carbocycles. The molecular formula is C4H4N3. The first-order valence-corrected chi connectivity index (χ1v) is 1.84. The van der Waals surface area contributed by atoms with Crippen LogP contribution in [0.1, 0.15) is 0 Å². The van der Waals surface area contributed by atoms with E-state index in [1.54, 1.807) is 12.4 Å². The summed E-state index contributed by atoms with van der Waals surface area (Å²) >= 11 is 0. The van der Waals surface area contributed by atoms with Crippen molar-refractivity contribution in [1.82, 2.24) is 15.0 Å². The molecule has 0 aliphatic heterocycles. The monoisotopic (exact) mass is 94.0 g/mol. The molecule has 3 nitrogen and oxygen atoms in total. The van der Waals surface area contributed by atoms with E-state index >= 15 is 0 Å². The topological polar surface area (TPSA) is 30.7 Å². The summed E-state index contributed by atoms with van der Waals surface area (Å²) in [6, 6.07) is 0. The highest BCUT2D eigenvalue weighted by molar-refractivity contribution is 5.04. The number of aromatic nitrogens is 3. The smallest absolute Gasteiger partial charge is 0.0697 e. The van der Waals surface area contributed by atoms with E-state index in [-0.39, 0.29) is 0 Å². The first kappa shape index (κ1) is 4.05. The van der Waals surface area contributed by atoms with Gasteiger partial charge in [-0.25, -0.2) is 0 Å². The summed E-state index contributed by atoms with van der Waals surface area (Å²) in [6.07, 6.45) is 4.40. The summed E-state index contributed by atoms with van der Waals surface area (Å²) in [4.78, 5) is 1.28. The molecule has 0 N–H and O–H groups in total. The van der Waals surface area contributed by atoms with Gasteiger partial charge in [-0.2, -0.15) is 15.0 Å². The van der Waals surface area contributed by atoms with E-state index in [1.165, 1.54) is 11.0 Å². The van der Waals surface area contributed by atoms with Crippen molar-refractivity contribution in [3.8, 4) is 0 Å². The zero-order valence-electron chi connectivity index (χ0n) is 3.65. The van der Waals surface area contributed by atoms with Gasteiger partial charge in [0.05, 0.1) is 12.4 Å². The maximum absolute atomic E-state index is 5.01. The lowest BCUT2D eigenvalue weighted by Crippen LogP contribution is -1.87. The highest BCUT2D eigenvalue weighted by Gasteiger charge is 1.74. The van der Waals surface area contributed by atoms with Crippen LogP contribution in [-0.4, -0.2) is 15.0 Å². The van der Waals surface area contributed by atoms with Gasteiger partial charge in [-0.05, 0) is 6.58 Å². The van der Waals surface area contributed by atoms with Gasteiger partial charge in [-0.3, -0.25) is 0 Å². The molecule has 0 atom stereocenters. The molecule has 7 heavy (non-hydrogen) atoms. The Hall–Kier alpha value is -1.12. The molecule has 0 bridgehead atoms. The van der Waals surface area contributed by atoms with Crippen molar-refractivity contribution in [2.45, 2.75) is 0 Å². The molecule has 0 amide bonds. The van der Waals surface area contributed by atoms with Crippen LogP contribution in [-0.2, 0) is 0 Å². The highest BCUT2D eigenvalue weighted by atomic mass is 15.4. The van der Waals surface area contributed by atoms with Crippen LogP contribution < -0.4 is 0 Å². The largest absolute Gasteiger partial charge is 0.159 e. The van der Waals surface area contributed by atoms with E-state index in [2.05, 4.69) is 10.2 Å². The lowest BCUT2D eigenvalue weighted by molar-refractivity contribution is 0.797. The fourth-order valence-corrected chi connectivity index (χ4v) is 0.303. The van der Waals surface area contributed by atoms with Crippen LogP contribution in [0.15, 0.2) is 12.4 Å². The third kappa shape index (κ3) is 0.652. The fourth-order valence-electron chi connectivity index (χ4n) is 0.303. The van der Waals surface area contributed by atoms with Crippen LogP contribution in [0.4, 0.5) is 0 Å². The van der Waals surface area contributed by atoms with Crippen molar-refractivity contribution in [3.63, 3.8) is 0 Å². The molecule has 3 heteroatoms. The highest BCUT2D eigenvalue weighted by Crippen LogP contribution is 1.72. The molecule has 1 rings (SSSR count). The van der Waals surface area contributed by atoms with Crippen LogP contribution in [0.3, 0.4) is 0 Å². The minimum atomic E-state index is 1.28.